The summed E-state index contributed by atoms with van der Waals surface area (Å²) in [6.45, 7) is 6.02. The molecule has 0 aliphatic carbocycles. The van der Waals surface area contributed by atoms with Crippen LogP contribution < -0.4 is 15.0 Å². The predicted octanol–water partition coefficient (Wildman–Crippen LogP) is 5.52. The first-order valence-electron chi connectivity index (χ1n) is 10.1. The number of hydrogen-bond acceptors (Lipinski definition) is 3. The minimum Gasteiger partial charge on any atom is -0.479 e. The number of carbonyl (C=O) groups is 2. The fourth-order valence-electron chi connectivity index (χ4n) is 3.53. The molecule has 1 atom stereocenters. The number of rotatable bonds is 4. The molecule has 1 heterocycles. The van der Waals surface area contributed by atoms with Gasteiger partial charge in [-0.15, -0.1) is 0 Å². The molecule has 3 aromatic rings. The largest absolute Gasteiger partial charge is 0.479 e. The van der Waals surface area contributed by atoms with Gasteiger partial charge in [-0.2, -0.15) is 0 Å². The van der Waals surface area contributed by atoms with Crippen LogP contribution in [0.4, 0.5) is 11.4 Å². The van der Waals surface area contributed by atoms with Gasteiger partial charge in [-0.1, -0.05) is 35.9 Å². The highest BCUT2D eigenvalue weighted by molar-refractivity contribution is 6.31. The topological polar surface area (TPSA) is 58.6 Å². The van der Waals surface area contributed by atoms with Crippen molar-refractivity contribution in [2.75, 3.05) is 10.2 Å². The molecule has 0 radical (unpaired) electrons. The Morgan fingerprint density at radius 2 is 1.84 bits per heavy atom. The number of nitrogens with zero attached hydrogens (tertiary/aromatic N) is 1. The van der Waals surface area contributed by atoms with Gasteiger partial charge in [-0.05, 0) is 73.9 Å². The molecule has 1 unspecified atom stereocenters. The number of anilines is 2. The second-order valence-corrected chi connectivity index (χ2v) is 8.12. The lowest BCUT2D eigenvalue weighted by Crippen LogP contribution is -2.44. The van der Waals surface area contributed by atoms with E-state index < -0.39 is 6.10 Å². The molecular weight excluding hydrogens is 412 g/mol. The fraction of sp³-hybridized carbons (Fsp3) is 0.200. The summed E-state index contributed by atoms with van der Waals surface area (Å²) >= 11 is 6.32. The van der Waals surface area contributed by atoms with Gasteiger partial charge in [0.25, 0.3) is 11.8 Å². The van der Waals surface area contributed by atoms with Crippen molar-refractivity contribution in [3.63, 3.8) is 0 Å². The molecule has 2 amide bonds. The molecule has 0 fully saturated rings. The Labute approximate surface area is 186 Å². The van der Waals surface area contributed by atoms with Crippen molar-refractivity contribution in [2.45, 2.75) is 33.4 Å². The van der Waals surface area contributed by atoms with Gasteiger partial charge in [0.1, 0.15) is 5.75 Å². The number of aryl methyl sites for hydroxylation is 2. The van der Waals surface area contributed by atoms with Crippen LogP contribution in [0.2, 0.25) is 5.02 Å². The van der Waals surface area contributed by atoms with E-state index in [0.29, 0.717) is 34.3 Å². The van der Waals surface area contributed by atoms with E-state index in [2.05, 4.69) is 5.32 Å². The lowest BCUT2D eigenvalue weighted by molar-refractivity contribution is -0.125. The molecule has 0 saturated carbocycles. The minimum atomic E-state index is -0.606. The Hall–Kier alpha value is -3.31. The molecule has 1 aliphatic rings. The number of carbonyl (C=O) groups excluding carboxylic acids is 2. The predicted molar refractivity (Wildman–Crippen MR) is 123 cm³/mol. The number of nitrogens with one attached hydrogen (secondary N) is 1. The summed E-state index contributed by atoms with van der Waals surface area (Å²) in [6.07, 6.45) is -0.606. The van der Waals surface area contributed by atoms with Crippen molar-refractivity contribution < 1.29 is 14.3 Å². The maximum Gasteiger partial charge on any atom is 0.268 e. The number of hydrogen-bond donors (Lipinski definition) is 1. The Morgan fingerprint density at radius 1 is 1.06 bits per heavy atom. The van der Waals surface area contributed by atoms with Gasteiger partial charge >= 0.3 is 0 Å². The van der Waals surface area contributed by atoms with Crippen LogP contribution in [0, 0.1) is 13.8 Å². The molecule has 3 aromatic carbocycles. The monoisotopic (exact) mass is 434 g/mol. The second kappa shape index (κ2) is 8.44. The zero-order chi connectivity index (χ0) is 22.1. The summed E-state index contributed by atoms with van der Waals surface area (Å²) in [5.41, 5.74) is 4.78. The Morgan fingerprint density at radius 3 is 2.58 bits per heavy atom. The number of benzene rings is 3. The summed E-state index contributed by atoms with van der Waals surface area (Å²) in [5.74, 6) is 0.213. The Balaban J connectivity index is 1.64. The highest BCUT2D eigenvalue weighted by atomic mass is 35.5. The molecule has 31 heavy (non-hydrogen) atoms. The van der Waals surface area contributed by atoms with Crippen LogP contribution in [0.15, 0.2) is 60.7 Å². The molecular formula is C25H23ClN2O3. The molecule has 0 saturated heterocycles. The van der Waals surface area contributed by atoms with E-state index in [1.807, 2.05) is 44.2 Å². The van der Waals surface area contributed by atoms with Crippen LogP contribution in [0.25, 0.3) is 0 Å². The molecule has 6 heteroatoms. The number of ether oxygens (including phenoxy) is 1. The maximum absolute atomic E-state index is 12.9. The van der Waals surface area contributed by atoms with E-state index in [4.69, 9.17) is 16.3 Å². The number of halogens is 1. The summed E-state index contributed by atoms with van der Waals surface area (Å²) in [5, 5.41) is 3.51. The van der Waals surface area contributed by atoms with Crippen LogP contribution in [-0.4, -0.2) is 17.9 Å². The Bertz CT molecular complexity index is 1180. The van der Waals surface area contributed by atoms with Crippen LogP contribution in [0.5, 0.6) is 5.75 Å². The molecule has 0 spiro atoms. The van der Waals surface area contributed by atoms with Gasteiger partial charge in [0, 0.05) is 16.3 Å². The summed E-state index contributed by atoms with van der Waals surface area (Å²) < 4.78 is 5.78. The molecule has 4 rings (SSSR count). The normalized spacial score (nSPS) is 15.3. The van der Waals surface area contributed by atoms with E-state index in [-0.39, 0.29) is 11.8 Å². The molecule has 158 valence electrons. The van der Waals surface area contributed by atoms with Crippen molar-refractivity contribution in [2.24, 2.45) is 0 Å². The third-order valence-electron chi connectivity index (χ3n) is 5.48. The maximum atomic E-state index is 12.9. The lowest BCUT2D eigenvalue weighted by Gasteiger charge is -2.33. The van der Waals surface area contributed by atoms with Crippen LogP contribution >= 0.6 is 11.6 Å². The van der Waals surface area contributed by atoms with Gasteiger partial charge in [0.2, 0.25) is 0 Å². The number of amides is 2. The molecule has 1 N–H and O–H groups in total. The van der Waals surface area contributed by atoms with Gasteiger partial charge in [0.15, 0.2) is 6.10 Å². The standard InChI is InChI=1S/C25H23ClN2O3/c1-15-8-9-18(12-16(15)2)24(29)27-20-10-11-23-22(13-20)28(25(30)17(3)31-23)14-19-6-4-5-7-21(19)26/h4-13,17H,14H2,1-3H3,(H,27,29). The Kier molecular flexibility index (Phi) is 5.70. The minimum absolute atomic E-state index is 0.162. The molecule has 0 aromatic heterocycles. The van der Waals surface area contributed by atoms with Crippen molar-refractivity contribution in [1.29, 1.82) is 0 Å². The van der Waals surface area contributed by atoms with Gasteiger partial charge < -0.3 is 15.0 Å². The summed E-state index contributed by atoms with van der Waals surface area (Å²) in [4.78, 5) is 27.3. The zero-order valence-corrected chi connectivity index (χ0v) is 18.4. The third kappa shape index (κ3) is 4.28. The fourth-order valence-corrected chi connectivity index (χ4v) is 3.73. The van der Waals surface area contributed by atoms with E-state index in [1.165, 1.54) is 0 Å². The van der Waals surface area contributed by atoms with E-state index in [9.17, 15) is 9.59 Å². The van der Waals surface area contributed by atoms with Crippen molar-refractivity contribution in [1.82, 2.24) is 0 Å². The first-order valence-corrected chi connectivity index (χ1v) is 10.5. The van der Waals surface area contributed by atoms with Gasteiger partial charge in [-0.25, -0.2) is 0 Å². The highest BCUT2D eigenvalue weighted by Gasteiger charge is 2.32. The third-order valence-corrected chi connectivity index (χ3v) is 5.85. The highest BCUT2D eigenvalue weighted by Crippen LogP contribution is 2.38. The number of fused-ring (bicyclic) bond motifs is 1. The first kappa shape index (κ1) is 20.9. The van der Waals surface area contributed by atoms with Crippen LogP contribution in [0.1, 0.15) is 34.0 Å². The quantitative estimate of drug-likeness (QED) is 0.587. The summed E-state index contributed by atoms with van der Waals surface area (Å²) in [7, 11) is 0. The SMILES string of the molecule is Cc1ccc(C(=O)Nc2ccc3c(c2)N(Cc2ccccc2Cl)C(=O)C(C)O3)cc1C. The van der Waals surface area contributed by atoms with Crippen LogP contribution in [0.3, 0.4) is 0 Å². The van der Waals surface area contributed by atoms with E-state index in [0.717, 1.165) is 16.7 Å². The van der Waals surface area contributed by atoms with Crippen molar-refractivity contribution in [3.05, 3.63) is 87.9 Å². The second-order valence-electron chi connectivity index (χ2n) is 7.71. The van der Waals surface area contributed by atoms with Crippen LogP contribution in [-0.2, 0) is 11.3 Å². The molecule has 0 bridgehead atoms. The van der Waals surface area contributed by atoms with E-state index in [1.54, 1.807) is 42.2 Å². The smallest absolute Gasteiger partial charge is 0.268 e. The van der Waals surface area contributed by atoms with Crippen molar-refractivity contribution in [3.8, 4) is 5.75 Å². The molecule has 1 aliphatic heterocycles. The van der Waals surface area contributed by atoms with Gasteiger partial charge in [0.05, 0.1) is 12.2 Å². The average Bonchev–Trinajstić information content (AvgIpc) is 2.75. The van der Waals surface area contributed by atoms with Gasteiger partial charge in [-0.3, -0.25) is 9.59 Å². The average molecular weight is 435 g/mol. The summed E-state index contributed by atoms with van der Waals surface area (Å²) in [6, 6.07) is 18.3. The first-order chi connectivity index (χ1) is 14.8. The van der Waals surface area contributed by atoms with Crippen molar-refractivity contribution >= 4 is 34.8 Å². The zero-order valence-electron chi connectivity index (χ0n) is 17.6. The lowest BCUT2D eigenvalue weighted by atomic mass is 10.1. The molecule has 5 nitrogen and oxygen atoms in total. The van der Waals surface area contributed by atoms with E-state index >= 15 is 0 Å².